The topological polar surface area (TPSA) is 90.9 Å². The van der Waals surface area contributed by atoms with E-state index in [1.54, 1.807) is 0 Å². The molecule has 0 N–H and O–H groups in total. The van der Waals surface area contributed by atoms with Crippen LogP contribution in [0.4, 0.5) is 0 Å². The normalized spacial score (nSPS) is 23.7. The predicted octanol–water partition coefficient (Wildman–Crippen LogP) is 9.02. The van der Waals surface area contributed by atoms with E-state index in [0.29, 0.717) is 32.5 Å². The van der Waals surface area contributed by atoms with Gasteiger partial charge in [0.2, 0.25) is 0 Å². The number of benzene rings is 3. The summed E-state index contributed by atoms with van der Waals surface area (Å²) < 4.78 is 64.0. The van der Waals surface area contributed by atoms with Crippen LogP contribution in [0.5, 0.6) is 0 Å². The Morgan fingerprint density at radius 1 is 0.709 bits per heavy atom. The summed E-state index contributed by atoms with van der Waals surface area (Å²) >= 11 is 0. The molecular formula is C44H65O9PSi. The summed E-state index contributed by atoms with van der Waals surface area (Å²) in [5.41, 5.74) is 1.16. The Labute approximate surface area is 331 Å². The van der Waals surface area contributed by atoms with E-state index in [4.69, 9.17) is 37.2 Å². The lowest BCUT2D eigenvalue weighted by Crippen LogP contribution is -2.69. The molecule has 3 aromatic rings. The van der Waals surface area contributed by atoms with Gasteiger partial charge in [-0.1, -0.05) is 112 Å². The minimum absolute atomic E-state index is 0.000439. The van der Waals surface area contributed by atoms with Crippen LogP contribution >= 0.6 is 7.60 Å². The van der Waals surface area contributed by atoms with Gasteiger partial charge in [0.1, 0.15) is 0 Å². The van der Waals surface area contributed by atoms with E-state index in [1.165, 1.54) is 24.6 Å². The molecule has 2 aliphatic rings. The SMILES string of the molecule is COP(=O)(CC[C@@H]1C[C@H]([C@@H](CC[C@@H]2C[C@H](CCOCc3ccccc3)OC(C)(C)O2)O[Si](c2ccccc2)(c2ccccc2)C(C)(C)C)OC(C)(C)O1)OC. The fraction of sp³-hybridized carbons (Fsp3) is 0.591. The van der Waals surface area contributed by atoms with Crippen molar-refractivity contribution < 1.29 is 41.7 Å². The fourth-order valence-electron chi connectivity index (χ4n) is 8.25. The number of rotatable bonds is 18. The van der Waals surface area contributed by atoms with Crippen molar-refractivity contribution in [1.82, 2.24) is 0 Å². The van der Waals surface area contributed by atoms with Crippen LogP contribution < -0.4 is 10.4 Å². The van der Waals surface area contributed by atoms with Crippen molar-refractivity contribution in [2.45, 2.75) is 141 Å². The van der Waals surface area contributed by atoms with Gasteiger partial charge >= 0.3 is 7.60 Å². The van der Waals surface area contributed by atoms with Gasteiger partial charge < -0.3 is 37.2 Å². The summed E-state index contributed by atoms with van der Waals surface area (Å²) in [6.45, 7) is 16.0. The molecule has 304 valence electrons. The maximum Gasteiger partial charge on any atom is 0.330 e. The second-order valence-electron chi connectivity index (χ2n) is 16.9. The van der Waals surface area contributed by atoms with Crippen molar-refractivity contribution in [3.8, 4) is 0 Å². The van der Waals surface area contributed by atoms with E-state index >= 15 is 0 Å². The van der Waals surface area contributed by atoms with E-state index in [2.05, 4.69) is 93.6 Å². The lowest BCUT2D eigenvalue weighted by Gasteiger charge is -2.49. The van der Waals surface area contributed by atoms with Crippen LogP contribution in [-0.4, -0.2) is 77.4 Å². The molecule has 0 unspecified atom stereocenters. The van der Waals surface area contributed by atoms with Gasteiger partial charge in [-0.05, 0) is 74.4 Å². The van der Waals surface area contributed by atoms with E-state index < -0.39 is 27.5 Å². The average molecular weight is 797 g/mol. The van der Waals surface area contributed by atoms with Crippen LogP contribution in [0.25, 0.3) is 0 Å². The molecule has 2 heterocycles. The summed E-state index contributed by atoms with van der Waals surface area (Å²) in [7, 11) is -3.36. The first kappa shape index (κ1) is 43.9. The Morgan fingerprint density at radius 3 is 1.73 bits per heavy atom. The summed E-state index contributed by atoms with van der Waals surface area (Å²) in [6, 6.07) is 31.7. The molecule has 2 saturated heterocycles. The molecule has 3 aromatic carbocycles. The highest BCUT2D eigenvalue weighted by Gasteiger charge is 2.53. The lowest BCUT2D eigenvalue weighted by molar-refractivity contribution is -0.314. The molecule has 55 heavy (non-hydrogen) atoms. The Morgan fingerprint density at radius 2 is 1.20 bits per heavy atom. The van der Waals surface area contributed by atoms with Gasteiger partial charge in [0.05, 0.1) is 43.3 Å². The zero-order chi connectivity index (χ0) is 39.7. The summed E-state index contributed by atoms with van der Waals surface area (Å²) in [4.78, 5) is 0. The zero-order valence-electron chi connectivity index (χ0n) is 34.5. The van der Waals surface area contributed by atoms with Gasteiger partial charge in [-0.15, -0.1) is 0 Å². The second-order valence-corrected chi connectivity index (χ2v) is 23.5. The van der Waals surface area contributed by atoms with Gasteiger partial charge in [0, 0.05) is 33.7 Å². The van der Waals surface area contributed by atoms with Crippen LogP contribution in [0.2, 0.25) is 5.04 Å². The van der Waals surface area contributed by atoms with Crippen molar-refractivity contribution in [1.29, 1.82) is 0 Å². The Kier molecular flexibility index (Phi) is 15.2. The first-order valence-corrected chi connectivity index (χ1v) is 23.5. The van der Waals surface area contributed by atoms with Gasteiger partial charge in [-0.3, -0.25) is 4.57 Å². The largest absolute Gasteiger partial charge is 0.402 e. The van der Waals surface area contributed by atoms with Crippen LogP contribution in [0, 0.1) is 0 Å². The van der Waals surface area contributed by atoms with Crippen molar-refractivity contribution in [2.24, 2.45) is 0 Å². The number of hydrogen-bond donors (Lipinski definition) is 0. The molecule has 5 rings (SSSR count). The van der Waals surface area contributed by atoms with Crippen LogP contribution in [-0.2, 0) is 48.3 Å². The van der Waals surface area contributed by atoms with Crippen molar-refractivity contribution in [3.05, 3.63) is 96.6 Å². The smallest absolute Gasteiger partial charge is 0.330 e. The summed E-state index contributed by atoms with van der Waals surface area (Å²) in [6.07, 6.45) is 3.40. The molecule has 0 spiro atoms. The standard InChI is InChI=1S/C44H65O9PSi/c1-42(2,3)55(38-21-15-11-16-22-38,39-23-17-12-18-24-39)53-40(41-32-37(51-44(6,7)52-41)28-30-54(45,46-8)47-9)26-25-35-31-36(50-43(4,5)49-35)27-29-48-33-34-19-13-10-14-20-34/h10-24,35-37,40-41H,25-33H2,1-9H3/t35-,36+,37-,40-,41-/m1/s1. The number of ether oxygens (including phenoxy) is 5. The minimum Gasteiger partial charge on any atom is -0.402 e. The molecule has 0 radical (unpaired) electrons. The molecule has 0 bridgehead atoms. The molecule has 0 amide bonds. The Bertz CT molecular complexity index is 1590. The van der Waals surface area contributed by atoms with E-state index in [1.807, 2.05) is 45.9 Å². The monoisotopic (exact) mass is 796 g/mol. The molecule has 0 aliphatic carbocycles. The molecule has 9 nitrogen and oxygen atoms in total. The van der Waals surface area contributed by atoms with Crippen molar-refractivity contribution >= 4 is 26.3 Å². The highest BCUT2D eigenvalue weighted by atomic mass is 31.2. The minimum atomic E-state index is -3.23. The third-order valence-electron chi connectivity index (χ3n) is 10.7. The fourth-order valence-corrected chi connectivity index (χ4v) is 14.1. The molecule has 0 aromatic heterocycles. The third-order valence-corrected chi connectivity index (χ3v) is 17.7. The number of hydrogen-bond acceptors (Lipinski definition) is 9. The van der Waals surface area contributed by atoms with Gasteiger partial charge in [-0.2, -0.15) is 0 Å². The third kappa shape index (κ3) is 11.9. The van der Waals surface area contributed by atoms with Gasteiger partial charge in [-0.25, -0.2) is 0 Å². The second kappa shape index (κ2) is 19.0. The highest BCUT2D eigenvalue weighted by molar-refractivity contribution is 7.53. The van der Waals surface area contributed by atoms with Gasteiger partial charge in [0.25, 0.3) is 8.32 Å². The van der Waals surface area contributed by atoms with E-state index in [-0.39, 0.29) is 41.7 Å². The highest BCUT2D eigenvalue weighted by Crippen LogP contribution is 2.48. The quantitative estimate of drug-likeness (QED) is 0.0711. The van der Waals surface area contributed by atoms with Crippen molar-refractivity contribution in [3.63, 3.8) is 0 Å². The lowest BCUT2D eigenvalue weighted by atomic mass is 9.95. The Hall–Kier alpha value is -2.21. The van der Waals surface area contributed by atoms with E-state index in [0.717, 1.165) is 24.8 Å². The van der Waals surface area contributed by atoms with E-state index in [9.17, 15) is 4.57 Å². The maximum atomic E-state index is 13.1. The van der Waals surface area contributed by atoms with Crippen LogP contribution in [0.3, 0.4) is 0 Å². The average Bonchev–Trinajstić information content (AvgIpc) is 3.15. The first-order valence-electron chi connectivity index (χ1n) is 19.9. The zero-order valence-corrected chi connectivity index (χ0v) is 36.4. The molecule has 2 fully saturated rings. The Balaban J connectivity index is 1.43. The van der Waals surface area contributed by atoms with Gasteiger partial charge in [0.15, 0.2) is 11.6 Å². The maximum absolute atomic E-state index is 13.1. The summed E-state index contributed by atoms with van der Waals surface area (Å²) in [5.74, 6) is -1.63. The predicted molar refractivity (Wildman–Crippen MR) is 220 cm³/mol. The summed E-state index contributed by atoms with van der Waals surface area (Å²) in [5, 5.41) is 2.18. The van der Waals surface area contributed by atoms with Crippen LogP contribution in [0.1, 0.15) is 92.6 Å². The molecular weight excluding hydrogens is 732 g/mol. The molecule has 5 atom stereocenters. The van der Waals surface area contributed by atoms with Crippen molar-refractivity contribution in [2.75, 3.05) is 27.0 Å². The molecule has 0 saturated carbocycles. The first-order chi connectivity index (χ1) is 26.1. The molecule has 11 heteroatoms. The molecule has 2 aliphatic heterocycles. The van der Waals surface area contributed by atoms with Crippen LogP contribution in [0.15, 0.2) is 91.0 Å².